The van der Waals surface area contributed by atoms with Gasteiger partial charge in [-0.2, -0.15) is 0 Å². The minimum Gasteiger partial charge on any atom is -0.456 e. The fourth-order valence-electron chi connectivity index (χ4n) is 4.26. The molecule has 0 saturated heterocycles. The molecule has 0 saturated carbocycles. The van der Waals surface area contributed by atoms with Gasteiger partial charge in [-0.15, -0.1) is 0 Å². The summed E-state index contributed by atoms with van der Waals surface area (Å²) in [6, 6.07) is 19.2. The van der Waals surface area contributed by atoms with Crippen LogP contribution < -0.4 is 5.32 Å². The molecule has 0 unspecified atom stereocenters. The zero-order valence-electron chi connectivity index (χ0n) is 20.4. The van der Waals surface area contributed by atoms with E-state index < -0.39 is 4.92 Å². The summed E-state index contributed by atoms with van der Waals surface area (Å²) in [5.74, 6) is 0.879. The monoisotopic (exact) mass is 493 g/mol. The quantitative estimate of drug-likeness (QED) is 0.152. The van der Waals surface area contributed by atoms with E-state index in [1.54, 1.807) is 30.3 Å². The number of rotatable bonds is 6. The van der Waals surface area contributed by atoms with E-state index in [1.165, 1.54) is 18.2 Å². The smallest absolute Gasteiger partial charge is 0.280 e. The number of hydrogen-bond donors (Lipinski definition) is 1. The molecular formula is C29H23N3O5. The fourth-order valence-corrected chi connectivity index (χ4v) is 4.26. The Hall–Kier alpha value is -4.98. The van der Waals surface area contributed by atoms with Crippen molar-refractivity contribution in [2.24, 2.45) is 0 Å². The van der Waals surface area contributed by atoms with Crippen molar-refractivity contribution < 1.29 is 18.6 Å². The Morgan fingerprint density at radius 1 is 0.973 bits per heavy atom. The molecule has 1 amide bonds. The lowest BCUT2D eigenvalue weighted by atomic mass is 10.1. The Morgan fingerprint density at radius 2 is 1.76 bits per heavy atom. The fraction of sp³-hybridized carbons (Fsp3) is 0.103. The summed E-state index contributed by atoms with van der Waals surface area (Å²) < 4.78 is 11.8. The minimum atomic E-state index is -0.458. The number of carbonyl (C=O) groups is 1. The summed E-state index contributed by atoms with van der Waals surface area (Å²) in [4.78, 5) is 28.2. The van der Waals surface area contributed by atoms with Gasteiger partial charge in [0.2, 0.25) is 11.8 Å². The van der Waals surface area contributed by atoms with Crippen molar-refractivity contribution in [3.63, 3.8) is 0 Å². The average Bonchev–Trinajstić information content (AvgIpc) is 3.51. The molecule has 0 fully saturated rings. The molecule has 5 aromatic rings. The third kappa shape index (κ3) is 4.77. The highest BCUT2D eigenvalue weighted by Gasteiger charge is 2.17. The lowest BCUT2D eigenvalue weighted by Crippen LogP contribution is -2.09. The first-order valence-electron chi connectivity index (χ1n) is 11.6. The summed E-state index contributed by atoms with van der Waals surface area (Å²) >= 11 is 0. The molecule has 3 aromatic carbocycles. The van der Waals surface area contributed by atoms with Crippen molar-refractivity contribution in [3.8, 4) is 22.8 Å². The second kappa shape index (κ2) is 9.58. The number of aromatic nitrogens is 1. The van der Waals surface area contributed by atoms with Gasteiger partial charge in [0, 0.05) is 23.4 Å². The molecule has 0 atom stereocenters. The molecule has 8 heteroatoms. The molecule has 2 heterocycles. The van der Waals surface area contributed by atoms with Crippen LogP contribution in [0.15, 0.2) is 81.6 Å². The number of carbonyl (C=O) groups excluding carboxylic acids is 1. The summed E-state index contributed by atoms with van der Waals surface area (Å²) in [7, 11) is 0. The van der Waals surface area contributed by atoms with Crippen LogP contribution in [0.1, 0.15) is 22.5 Å². The first-order valence-corrected chi connectivity index (χ1v) is 11.6. The van der Waals surface area contributed by atoms with Gasteiger partial charge in [0.15, 0.2) is 5.58 Å². The standard InChI is InChI=1S/C29H23N3O5/c1-17-15-18(2)28-24(16-17)31-29(37-28)21-8-6-9-23(19(21)3)30-27(33)14-12-20-11-13-26(36-20)22-7-4-5-10-25(22)32(34)35/h4-16H,1-3H3,(H,30,33). The predicted molar refractivity (Wildman–Crippen MR) is 142 cm³/mol. The third-order valence-electron chi connectivity index (χ3n) is 6.03. The van der Waals surface area contributed by atoms with Crippen LogP contribution in [0.5, 0.6) is 0 Å². The molecule has 8 nitrogen and oxygen atoms in total. The van der Waals surface area contributed by atoms with Crippen molar-refractivity contribution in [1.29, 1.82) is 0 Å². The highest BCUT2D eigenvalue weighted by molar-refractivity contribution is 6.02. The summed E-state index contributed by atoms with van der Waals surface area (Å²) in [5.41, 5.74) is 6.22. The minimum absolute atomic E-state index is 0.0512. The summed E-state index contributed by atoms with van der Waals surface area (Å²) in [5, 5.41) is 14.2. The average molecular weight is 494 g/mol. The van der Waals surface area contributed by atoms with E-state index in [9.17, 15) is 14.9 Å². The lowest BCUT2D eigenvalue weighted by Gasteiger charge is -2.09. The van der Waals surface area contributed by atoms with E-state index in [0.717, 1.165) is 33.4 Å². The van der Waals surface area contributed by atoms with Gasteiger partial charge in [-0.25, -0.2) is 4.98 Å². The molecule has 1 N–H and O–H groups in total. The number of furan rings is 1. The topological polar surface area (TPSA) is 111 Å². The second-order valence-electron chi connectivity index (χ2n) is 8.73. The van der Waals surface area contributed by atoms with Crippen LogP contribution >= 0.6 is 0 Å². The maximum atomic E-state index is 12.7. The van der Waals surface area contributed by atoms with Gasteiger partial charge in [0.05, 0.1) is 10.5 Å². The van der Waals surface area contributed by atoms with Crippen molar-refractivity contribution in [1.82, 2.24) is 4.98 Å². The number of anilines is 1. The normalized spacial score (nSPS) is 11.3. The molecule has 0 spiro atoms. The molecule has 184 valence electrons. The van der Waals surface area contributed by atoms with Gasteiger partial charge in [-0.3, -0.25) is 14.9 Å². The molecule has 2 aromatic heterocycles. The SMILES string of the molecule is Cc1cc(C)c2oc(-c3cccc(NC(=O)C=Cc4ccc(-c5ccccc5[N+](=O)[O-])o4)c3C)nc2c1. The van der Waals surface area contributed by atoms with Gasteiger partial charge in [-0.1, -0.05) is 24.3 Å². The maximum Gasteiger partial charge on any atom is 0.280 e. The lowest BCUT2D eigenvalue weighted by molar-refractivity contribution is -0.384. The molecule has 0 aliphatic carbocycles. The molecule has 0 radical (unpaired) electrons. The van der Waals surface area contributed by atoms with Crippen LogP contribution in [0.3, 0.4) is 0 Å². The van der Waals surface area contributed by atoms with Crippen LogP contribution in [0.4, 0.5) is 11.4 Å². The largest absolute Gasteiger partial charge is 0.456 e. The van der Waals surface area contributed by atoms with Gasteiger partial charge in [0.1, 0.15) is 17.0 Å². The molecule has 37 heavy (non-hydrogen) atoms. The summed E-state index contributed by atoms with van der Waals surface area (Å²) in [6.07, 6.45) is 2.86. The molecule has 0 bridgehead atoms. The van der Waals surface area contributed by atoms with Gasteiger partial charge in [-0.05, 0) is 79.9 Å². The highest BCUT2D eigenvalue weighted by atomic mass is 16.6. The zero-order valence-corrected chi connectivity index (χ0v) is 20.4. The van der Waals surface area contributed by atoms with E-state index in [2.05, 4.69) is 16.4 Å². The third-order valence-corrected chi connectivity index (χ3v) is 6.03. The van der Waals surface area contributed by atoms with E-state index in [4.69, 9.17) is 8.83 Å². The number of benzene rings is 3. The first-order chi connectivity index (χ1) is 17.8. The molecule has 5 rings (SSSR count). The van der Waals surface area contributed by atoms with E-state index in [-0.39, 0.29) is 11.6 Å². The number of fused-ring (bicyclic) bond motifs is 1. The van der Waals surface area contributed by atoms with E-state index >= 15 is 0 Å². The van der Waals surface area contributed by atoms with Crippen molar-refractivity contribution >= 4 is 34.5 Å². The number of oxazole rings is 1. The van der Waals surface area contributed by atoms with Crippen LogP contribution in [0.2, 0.25) is 0 Å². The Balaban J connectivity index is 1.34. The Morgan fingerprint density at radius 3 is 2.57 bits per heavy atom. The van der Waals surface area contributed by atoms with E-state index in [0.29, 0.717) is 28.7 Å². The van der Waals surface area contributed by atoms with Gasteiger partial charge >= 0.3 is 0 Å². The van der Waals surface area contributed by atoms with Crippen molar-refractivity contribution in [3.05, 3.63) is 105 Å². The second-order valence-corrected chi connectivity index (χ2v) is 8.73. The number of para-hydroxylation sites is 1. The zero-order chi connectivity index (χ0) is 26.1. The van der Waals surface area contributed by atoms with Crippen LogP contribution in [0.25, 0.3) is 40.0 Å². The van der Waals surface area contributed by atoms with Gasteiger partial charge in [0.25, 0.3) is 5.69 Å². The number of amides is 1. The number of nitrogens with one attached hydrogen (secondary N) is 1. The number of nitrogens with zero attached hydrogens (tertiary/aromatic N) is 2. The number of nitro groups is 1. The van der Waals surface area contributed by atoms with Crippen LogP contribution in [-0.4, -0.2) is 15.8 Å². The molecule has 0 aliphatic rings. The number of aryl methyl sites for hydroxylation is 2. The number of nitro benzene ring substituents is 1. The van der Waals surface area contributed by atoms with Crippen LogP contribution in [-0.2, 0) is 4.79 Å². The van der Waals surface area contributed by atoms with E-state index in [1.807, 2.05) is 45.0 Å². The Bertz CT molecular complexity index is 1690. The van der Waals surface area contributed by atoms with Crippen LogP contribution in [0, 0.1) is 30.9 Å². The number of hydrogen-bond acceptors (Lipinski definition) is 6. The predicted octanol–water partition coefficient (Wildman–Crippen LogP) is 7.24. The first kappa shape index (κ1) is 23.7. The maximum absolute atomic E-state index is 12.7. The Labute approximate surface area is 212 Å². The van der Waals surface area contributed by atoms with Gasteiger partial charge < -0.3 is 14.2 Å². The summed E-state index contributed by atoms with van der Waals surface area (Å²) in [6.45, 7) is 5.90. The Kier molecular flexibility index (Phi) is 6.15. The van der Waals surface area contributed by atoms with Crippen molar-refractivity contribution in [2.75, 3.05) is 5.32 Å². The molecule has 0 aliphatic heterocycles. The molecular weight excluding hydrogens is 470 g/mol. The highest BCUT2D eigenvalue weighted by Crippen LogP contribution is 2.33. The van der Waals surface area contributed by atoms with Crippen molar-refractivity contribution in [2.45, 2.75) is 20.8 Å².